The van der Waals surface area contributed by atoms with Gasteiger partial charge >= 0.3 is 0 Å². The molecule has 1 aliphatic carbocycles. The van der Waals surface area contributed by atoms with Crippen molar-refractivity contribution >= 4 is 22.3 Å². The minimum atomic E-state index is -0.451. The van der Waals surface area contributed by atoms with Crippen LogP contribution in [0.3, 0.4) is 0 Å². The Hall–Kier alpha value is -2.16. The van der Waals surface area contributed by atoms with Gasteiger partial charge in [0.05, 0.1) is 12.2 Å². The zero-order valence-corrected chi connectivity index (χ0v) is 10.0. The first-order chi connectivity index (χ1) is 8.74. The highest BCUT2D eigenvalue weighted by Crippen LogP contribution is 2.36. The van der Waals surface area contributed by atoms with Gasteiger partial charge in [0.25, 0.3) is 0 Å². The number of carbonyl (C=O) groups excluding carboxylic acids is 2. The maximum absolute atomic E-state index is 12.0. The van der Waals surface area contributed by atoms with E-state index >= 15 is 0 Å². The van der Waals surface area contributed by atoms with Crippen LogP contribution < -0.4 is 4.74 Å². The van der Waals surface area contributed by atoms with Crippen LogP contribution in [0.2, 0.25) is 0 Å². The van der Waals surface area contributed by atoms with E-state index in [0.29, 0.717) is 23.5 Å². The van der Waals surface area contributed by atoms with Crippen LogP contribution in [0, 0.1) is 0 Å². The molecule has 90 valence electrons. The van der Waals surface area contributed by atoms with Gasteiger partial charge in [0, 0.05) is 10.9 Å². The predicted molar refractivity (Wildman–Crippen MR) is 68.4 cm³/mol. The number of ether oxygens (including phenoxy) is 1. The van der Waals surface area contributed by atoms with Crippen LogP contribution >= 0.6 is 0 Å². The van der Waals surface area contributed by atoms with Crippen molar-refractivity contribution < 1.29 is 14.3 Å². The summed E-state index contributed by atoms with van der Waals surface area (Å²) in [6.45, 7) is 2.54. The van der Waals surface area contributed by atoms with Gasteiger partial charge in [0.15, 0.2) is 0 Å². The van der Waals surface area contributed by atoms with E-state index < -0.39 is 11.6 Å². The number of benzene rings is 2. The maximum Gasteiger partial charge on any atom is 0.237 e. The number of rotatable bonds is 3. The third kappa shape index (κ3) is 1.37. The van der Waals surface area contributed by atoms with Gasteiger partial charge < -0.3 is 4.74 Å². The van der Waals surface area contributed by atoms with E-state index in [4.69, 9.17) is 4.74 Å². The van der Waals surface area contributed by atoms with Crippen molar-refractivity contribution in [3.8, 4) is 5.75 Å². The molecule has 0 aliphatic heterocycles. The zero-order chi connectivity index (χ0) is 12.7. The van der Waals surface area contributed by atoms with Gasteiger partial charge in [0.1, 0.15) is 5.75 Å². The smallest absolute Gasteiger partial charge is 0.237 e. The fourth-order valence-corrected chi connectivity index (χ4v) is 2.34. The van der Waals surface area contributed by atoms with Gasteiger partial charge in [-0.2, -0.15) is 0 Å². The molecule has 3 rings (SSSR count). The molecule has 0 saturated heterocycles. The molecule has 0 bridgehead atoms. The Labute approximate surface area is 104 Å². The summed E-state index contributed by atoms with van der Waals surface area (Å²) in [5, 5.41) is 1.65. The molecule has 0 radical (unpaired) electrons. The molecule has 0 unspecified atom stereocenters. The first-order valence-corrected chi connectivity index (χ1v) is 6.01. The molecule has 2 aromatic rings. The molecule has 3 heteroatoms. The van der Waals surface area contributed by atoms with Crippen molar-refractivity contribution in [3.63, 3.8) is 0 Å². The highest BCUT2D eigenvalue weighted by atomic mass is 16.5. The van der Waals surface area contributed by atoms with Crippen LogP contribution in [0.25, 0.3) is 10.8 Å². The number of Topliss-reactive ketones (excluding diaryl/α,β-unsaturated/α-hetero) is 2. The van der Waals surface area contributed by atoms with E-state index in [-0.39, 0.29) is 0 Å². The summed E-state index contributed by atoms with van der Waals surface area (Å²) in [5.74, 6) is -0.358. The zero-order valence-electron chi connectivity index (χ0n) is 10.0. The molecule has 0 aromatic heterocycles. The summed E-state index contributed by atoms with van der Waals surface area (Å²) in [4.78, 5) is 23.9. The molecule has 1 aliphatic rings. The molecule has 0 N–H and O–H groups in total. The fourth-order valence-electron chi connectivity index (χ4n) is 2.34. The van der Waals surface area contributed by atoms with Gasteiger partial charge in [-0.3, -0.25) is 9.59 Å². The van der Waals surface area contributed by atoms with Crippen molar-refractivity contribution in [2.75, 3.05) is 6.61 Å². The lowest BCUT2D eigenvalue weighted by atomic mass is 10.0. The van der Waals surface area contributed by atoms with Crippen LogP contribution in [0.4, 0.5) is 0 Å². The van der Waals surface area contributed by atoms with E-state index in [9.17, 15) is 9.59 Å². The molecule has 2 aromatic carbocycles. The minimum Gasteiger partial charge on any atom is -0.493 e. The van der Waals surface area contributed by atoms with Crippen molar-refractivity contribution in [1.82, 2.24) is 0 Å². The lowest BCUT2D eigenvalue weighted by molar-refractivity contribution is 0.0823. The molecule has 0 atom stereocenters. The van der Waals surface area contributed by atoms with E-state index in [1.165, 1.54) is 0 Å². The maximum atomic E-state index is 12.0. The standard InChI is InChI=1S/C15H12O3/c1-2-8-18-11-7-6-9-4-3-5-10-12(9)13(11)15(17)14(10)16/h3-7H,2,8H2,1H3. The lowest BCUT2D eigenvalue weighted by Crippen LogP contribution is -2.08. The van der Waals surface area contributed by atoms with Gasteiger partial charge in [-0.05, 0) is 17.9 Å². The van der Waals surface area contributed by atoms with E-state index in [1.54, 1.807) is 18.2 Å². The Morgan fingerprint density at radius 1 is 1.06 bits per heavy atom. The topological polar surface area (TPSA) is 43.4 Å². The van der Waals surface area contributed by atoms with Crippen molar-refractivity contribution in [3.05, 3.63) is 41.5 Å². The Kier molecular flexibility index (Phi) is 2.40. The molecule has 3 nitrogen and oxygen atoms in total. The van der Waals surface area contributed by atoms with Crippen LogP contribution in [-0.2, 0) is 0 Å². The quantitative estimate of drug-likeness (QED) is 0.774. The van der Waals surface area contributed by atoms with Crippen LogP contribution in [-0.4, -0.2) is 18.2 Å². The van der Waals surface area contributed by atoms with E-state index in [2.05, 4.69) is 0 Å². The van der Waals surface area contributed by atoms with E-state index in [1.807, 2.05) is 19.1 Å². The summed E-state index contributed by atoms with van der Waals surface area (Å²) in [7, 11) is 0. The average Bonchev–Trinajstić information content (AvgIpc) is 2.66. The third-order valence-electron chi connectivity index (χ3n) is 3.15. The summed E-state index contributed by atoms with van der Waals surface area (Å²) >= 11 is 0. The van der Waals surface area contributed by atoms with Crippen LogP contribution in [0.5, 0.6) is 5.75 Å². The number of carbonyl (C=O) groups is 2. The predicted octanol–water partition coefficient (Wildman–Crippen LogP) is 3.01. The first kappa shape index (κ1) is 11.0. The number of ketones is 2. The van der Waals surface area contributed by atoms with Crippen LogP contribution in [0.1, 0.15) is 34.1 Å². The van der Waals surface area contributed by atoms with Gasteiger partial charge in [-0.1, -0.05) is 31.2 Å². The summed E-state index contributed by atoms with van der Waals surface area (Å²) < 4.78 is 5.56. The van der Waals surface area contributed by atoms with Gasteiger partial charge in [-0.25, -0.2) is 0 Å². The van der Waals surface area contributed by atoms with Crippen LogP contribution in [0.15, 0.2) is 30.3 Å². The average molecular weight is 240 g/mol. The molecule has 0 amide bonds. The summed E-state index contributed by atoms with van der Waals surface area (Å²) in [5.41, 5.74) is 0.927. The largest absolute Gasteiger partial charge is 0.493 e. The summed E-state index contributed by atoms with van der Waals surface area (Å²) in [6.07, 6.45) is 0.862. The fraction of sp³-hybridized carbons (Fsp3) is 0.200. The second kappa shape index (κ2) is 3.95. The lowest BCUT2D eigenvalue weighted by Gasteiger charge is -2.08. The Bertz CT molecular complexity index is 671. The molecular weight excluding hydrogens is 228 g/mol. The van der Waals surface area contributed by atoms with Crippen molar-refractivity contribution in [2.24, 2.45) is 0 Å². The third-order valence-corrected chi connectivity index (χ3v) is 3.15. The van der Waals surface area contributed by atoms with Gasteiger partial charge in [0.2, 0.25) is 11.6 Å². The first-order valence-electron chi connectivity index (χ1n) is 6.01. The minimum absolute atomic E-state index is 0.428. The van der Waals surface area contributed by atoms with E-state index in [0.717, 1.165) is 17.2 Å². The number of hydrogen-bond acceptors (Lipinski definition) is 3. The Morgan fingerprint density at radius 2 is 1.89 bits per heavy atom. The molecule has 0 saturated carbocycles. The Balaban J connectivity index is 2.29. The van der Waals surface area contributed by atoms with Crippen molar-refractivity contribution in [2.45, 2.75) is 13.3 Å². The molecule has 0 fully saturated rings. The molecular formula is C15H12O3. The molecule has 0 heterocycles. The van der Waals surface area contributed by atoms with Gasteiger partial charge in [-0.15, -0.1) is 0 Å². The molecule has 0 spiro atoms. The second-order valence-corrected chi connectivity index (χ2v) is 4.35. The highest BCUT2D eigenvalue weighted by molar-refractivity contribution is 6.57. The van der Waals surface area contributed by atoms with Crippen molar-refractivity contribution in [1.29, 1.82) is 0 Å². The Morgan fingerprint density at radius 3 is 2.67 bits per heavy atom. The normalized spacial score (nSPS) is 13.4. The second-order valence-electron chi connectivity index (χ2n) is 4.35. The molecule has 18 heavy (non-hydrogen) atoms. The number of hydrogen-bond donors (Lipinski definition) is 0. The monoisotopic (exact) mass is 240 g/mol. The SMILES string of the molecule is CCCOc1ccc2cccc3c2c1C(=O)C3=O. The highest BCUT2D eigenvalue weighted by Gasteiger charge is 2.33. The summed E-state index contributed by atoms with van der Waals surface area (Å²) in [6, 6.07) is 9.05.